The van der Waals surface area contributed by atoms with Gasteiger partial charge in [0, 0.05) is 12.8 Å². The van der Waals surface area contributed by atoms with Crippen LogP contribution in [0, 0.1) is 5.92 Å². The molecule has 0 aliphatic heterocycles. The lowest BCUT2D eigenvalue weighted by Crippen LogP contribution is -2.43. The second-order valence-electron chi connectivity index (χ2n) is 4.56. The summed E-state index contributed by atoms with van der Waals surface area (Å²) in [5, 5.41) is 9.94. The van der Waals surface area contributed by atoms with Crippen LogP contribution in [0.5, 0.6) is 0 Å². The number of Topliss-reactive ketones (excluding diaryl/α,β-unsaturated/α-hetero) is 1. The van der Waals surface area contributed by atoms with Gasteiger partial charge >= 0.3 is 5.97 Å². The largest absolute Gasteiger partial charge is 0.463 e. The fourth-order valence-electron chi connectivity index (χ4n) is 1.52. The van der Waals surface area contributed by atoms with Crippen molar-refractivity contribution in [2.24, 2.45) is 5.92 Å². The van der Waals surface area contributed by atoms with E-state index in [9.17, 15) is 14.7 Å². The molecule has 1 fully saturated rings. The summed E-state index contributed by atoms with van der Waals surface area (Å²) < 4.78 is 4.98. The normalized spacial score (nSPS) is 20.4. The molecule has 0 heterocycles. The second-order valence-corrected chi connectivity index (χ2v) is 4.56. The van der Waals surface area contributed by atoms with Gasteiger partial charge in [0.15, 0.2) is 5.60 Å². The van der Waals surface area contributed by atoms with Crippen LogP contribution >= 0.6 is 0 Å². The monoisotopic (exact) mass is 214 g/mol. The Morgan fingerprint density at radius 1 is 1.47 bits per heavy atom. The number of esters is 1. The minimum Gasteiger partial charge on any atom is -0.463 e. The van der Waals surface area contributed by atoms with E-state index in [1.165, 1.54) is 0 Å². The molecule has 1 aliphatic carbocycles. The first kappa shape index (κ1) is 12.2. The Bertz CT molecular complexity index is 247. The summed E-state index contributed by atoms with van der Waals surface area (Å²) >= 11 is 0. The number of ketones is 1. The third-order valence-corrected chi connectivity index (χ3v) is 2.56. The molecule has 0 aromatic heterocycles. The van der Waals surface area contributed by atoms with Gasteiger partial charge in [0.05, 0.1) is 6.61 Å². The average Bonchev–Trinajstić information content (AvgIpc) is 2.19. The molecule has 1 N–H and O–H groups in total. The molecule has 0 radical (unpaired) electrons. The number of aliphatic hydroxyl groups is 1. The van der Waals surface area contributed by atoms with E-state index in [2.05, 4.69) is 0 Å². The molecule has 0 unspecified atom stereocenters. The molecular weight excluding hydrogens is 196 g/mol. The molecule has 0 saturated heterocycles. The second kappa shape index (κ2) is 4.75. The smallest absolute Gasteiger partial charge is 0.338 e. The van der Waals surface area contributed by atoms with Crippen LogP contribution in [0.3, 0.4) is 0 Å². The SMILES string of the molecule is CC(C)COC(=O)C1(O)CCC(=O)CC1. The Hall–Kier alpha value is -0.900. The maximum absolute atomic E-state index is 11.5. The Labute approximate surface area is 89.6 Å². The third-order valence-electron chi connectivity index (χ3n) is 2.56. The van der Waals surface area contributed by atoms with Crippen LogP contribution in [0.2, 0.25) is 0 Å². The van der Waals surface area contributed by atoms with Gasteiger partial charge in [-0.2, -0.15) is 0 Å². The molecule has 0 amide bonds. The number of carbonyl (C=O) groups excluding carboxylic acids is 2. The molecule has 0 atom stereocenters. The van der Waals surface area contributed by atoms with Crippen molar-refractivity contribution >= 4 is 11.8 Å². The van der Waals surface area contributed by atoms with Crippen LogP contribution < -0.4 is 0 Å². The van der Waals surface area contributed by atoms with Crippen LogP contribution in [0.25, 0.3) is 0 Å². The molecule has 1 saturated carbocycles. The Kier molecular flexibility index (Phi) is 3.85. The Morgan fingerprint density at radius 3 is 2.47 bits per heavy atom. The molecule has 0 bridgehead atoms. The zero-order chi connectivity index (χ0) is 11.5. The molecule has 0 spiro atoms. The summed E-state index contributed by atoms with van der Waals surface area (Å²) in [5.74, 6) is -0.220. The van der Waals surface area contributed by atoms with Gasteiger partial charge in [-0.25, -0.2) is 4.79 Å². The van der Waals surface area contributed by atoms with Crippen molar-refractivity contribution in [1.82, 2.24) is 0 Å². The molecule has 0 aromatic carbocycles. The lowest BCUT2D eigenvalue weighted by Gasteiger charge is -2.29. The summed E-state index contributed by atoms with van der Waals surface area (Å²) in [7, 11) is 0. The van der Waals surface area contributed by atoms with Gasteiger partial charge in [0.2, 0.25) is 0 Å². The van der Waals surface area contributed by atoms with Crippen molar-refractivity contribution in [1.29, 1.82) is 0 Å². The third kappa shape index (κ3) is 3.30. The van der Waals surface area contributed by atoms with Gasteiger partial charge in [-0.05, 0) is 18.8 Å². The van der Waals surface area contributed by atoms with Crippen molar-refractivity contribution in [2.75, 3.05) is 6.61 Å². The van der Waals surface area contributed by atoms with Crippen LogP contribution in [-0.4, -0.2) is 29.1 Å². The highest BCUT2D eigenvalue weighted by Gasteiger charge is 2.40. The first-order chi connectivity index (χ1) is 6.94. The highest BCUT2D eigenvalue weighted by atomic mass is 16.5. The number of ether oxygens (including phenoxy) is 1. The number of carbonyl (C=O) groups is 2. The zero-order valence-corrected chi connectivity index (χ0v) is 9.28. The van der Waals surface area contributed by atoms with Crippen molar-refractivity contribution in [3.8, 4) is 0 Å². The van der Waals surface area contributed by atoms with Gasteiger partial charge < -0.3 is 9.84 Å². The first-order valence-corrected chi connectivity index (χ1v) is 5.35. The summed E-state index contributed by atoms with van der Waals surface area (Å²) in [4.78, 5) is 22.5. The number of rotatable bonds is 3. The van der Waals surface area contributed by atoms with E-state index < -0.39 is 11.6 Å². The van der Waals surface area contributed by atoms with Gasteiger partial charge in [0.1, 0.15) is 5.78 Å². The molecule has 4 nitrogen and oxygen atoms in total. The Balaban J connectivity index is 2.47. The van der Waals surface area contributed by atoms with E-state index in [4.69, 9.17) is 4.74 Å². The molecule has 1 aliphatic rings. The van der Waals surface area contributed by atoms with Gasteiger partial charge in [0.25, 0.3) is 0 Å². The quantitative estimate of drug-likeness (QED) is 0.713. The summed E-state index contributed by atoms with van der Waals surface area (Å²) in [6.07, 6.45) is 0.937. The fraction of sp³-hybridized carbons (Fsp3) is 0.818. The lowest BCUT2D eigenvalue weighted by molar-refractivity contribution is -0.170. The predicted octanol–water partition coefficient (Wildman–Crippen LogP) is 1.06. The van der Waals surface area contributed by atoms with E-state index in [1.807, 2.05) is 13.8 Å². The van der Waals surface area contributed by atoms with Gasteiger partial charge in [-0.1, -0.05) is 13.8 Å². The summed E-state index contributed by atoms with van der Waals surface area (Å²) in [5.41, 5.74) is -1.43. The van der Waals surface area contributed by atoms with Gasteiger partial charge in [-0.15, -0.1) is 0 Å². The van der Waals surface area contributed by atoms with E-state index in [1.54, 1.807) is 0 Å². The van der Waals surface area contributed by atoms with Crippen molar-refractivity contribution in [3.05, 3.63) is 0 Å². The van der Waals surface area contributed by atoms with Crippen LogP contribution in [0.4, 0.5) is 0 Å². The standard InChI is InChI=1S/C11H18O4/c1-8(2)7-15-10(13)11(14)5-3-9(12)4-6-11/h8,14H,3-7H2,1-2H3. The average molecular weight is 214 g/mol. The fourth-order valence-corrected chi connectivity index (χ4v) is 1.52. The maximum Gasteiger partial charge on any atom is 0.338 e. The first-order valence-electron chi connectivity index (χ1n) is 5.35. The summed E-state index contributed by atoms with van der Waals surface area (Å²) in [6.45, 7) is 4.18. The minimum atomic E-state index is -1.43. The minimum absolute atomic E-state index is 0.108. The van der Waals surface area contributed by atoms with Crippen molar-refractivity contribution < 1.29 is 19.4 Å². The summed E-state index contributed by atoms with van der Waals surface area (Å²) in [6, 6.07) is 0. The van der Waals surface area contributed by atoms with Crippen molar-refractivity contribution in [3.63, 3.8) is 0 Å². The lowest BCUT2D eigenvalue weighted by atomic mass is 9.84. The predicted molar refractivity (Wildman–Crippen MR) is 54.2 cm³/mol. The molecule has 1 rings (SSSR count). The molecular formula is C11H18O4. The number of hydrogen-bond donors (Lipinski definition) is 1. The van der Waals surface area contributed by atoms with Crippen molar-refractivity contribution in [2.45, 2.75) is 45.1 Å². The van der Waals surface area contributed by atoms with Crippen LogP contribution in [-0.2, 0) is 14.3 Å². The highest BCUT2D eigenvalue weighted by molar-refractivity contribution is 5.85. The van der Waals surface area contributed by atoms with Gasteiger partial charge in [-0.3, -0.25) is 4.79 Å². The van der Waals surface area contributed by atoms with Crippen LogP contribution in [0.15, 0.2) is 0 Å². The Morgan fingerprint density at radius 2 is 2.00 bits per heavy atom. The van der Waals surface area contributed by atoms with E-state index >= 15 is 0 Å². The maximum atomic E-state index is 11.5. The van der Waals surface area contributed by atoms with E-state index in [0.29, 0.717) is 6.61 Å². The zero-order valence-electron chi connectivity index (χ0n) is 9.28. The molecule has 0 aromatic rings. The number of hydrogen-bond acceptors (Lipinski definition) is 4. The molecule has 4 heteroatoms. The molecule has 86 valence electrons. The van der Waals surface area contributed by atoms with E-state index in [-0.39, 0.29) is 37.4 Å². The van der Waals surface area contributed by atoms with Crippen LogP contribution in [0.1, 0.15) is 39.5 Å². The highest BCUT2D eigenvalue weighted by Crippen LogP contribution is 2.27. The van der Waals surface area contributed by atoms with E-state index in [0.717, 1.165) is 0 Å². The topological polar surface area (TPSA) is 63.6 Å². The molecule has 15 heavy (non-hydrogen) atoms.